The number of carbonyl (C=O) groups excluding carboxylic acids is 1. The molecule has 0 radical (unpaired) electrons. The number of carbonyl (C=O) groups is 1. The van der Waals surface area contributed by atoms with Crippen LogP contribution in [-0.4, -0.2) is 26.4 Å². The van der Waals surface area contributed by atoms with Gasteiger partial charge >= 0.3 is 5.97 Å². The summed E-state index contributed by atoms with van der Waals surface area (Å²) in [4.78, 5) is 11.0. The Morgan fingerprint density at radius 3 is 2.31 bits per heavy atom. The van der Waals surface area contributed by atoms with Crippen molar-refractivity contribution in [2.24, 2.45) is 0 Å². The molecule has 1 rings (SSSR count). The van der Waals surface area contributed by atoms with Crippen molar-refractivity contribution < 1.29 is 17.5 Å². The highest BCUT2D eigenvalue weighted by Gasteiger charge is 2.07. The monoisotopic (exact) mass is 262 g/mol. The van der Waals surface area contributed by atoms with Gasteiger partial charge in [-0.2, -0.15) is 0 Å². The van der Waals surface area contributed by atoms with E-state index in [1.807, 2.05) is 0 Å². The minimum absolute atomic E-state index is 0.0896. The zero-order valence-corrected chi connectivity index (χ0v) is 10.2. The van der Waals surface area contributed by atoms with Crippen LogP contribution in [0.4, 0.5) is 0 Å². The summed E-state index contributed by atoms with van der Waals surface area (Å²) in [7, 11) is -2.97. The Labute approximate surface area is 99.3 Å². The van der Waals surface area contributed by atoms with Gasteiger partial charge in [0.15, 0.2) is 0 Å². The Morgan fingerprint density at radius 1 is 1.31 bits per heavy atom. The van der Waals surface area contributed by atoms with Gasteiger partial charge in [-0.1, -0.05) is 12.1 Å². The number of hydrogen-bond donors (Lipinski definition) is 0. The van der Waals surface area contributed by atoms with Crippen molar-refractivity contribution in [2.45, 2.75) is 6.42 Å². The Hall–Kier alpha value is -1.07. The van der Waals surface area contributed by atoms with E-state index in [2.05, 4.69) is 4.29 Å². The molecule has 0 atom stereocenters. The van der Waals surface area contributed by atoms with Crippen LogP contribution in [0.3, 0.4) is 0 Å². The normalized spacial score (nSPS) is 11.1. The topological polar surface area (TPSA) is 60.4 Å². The summed E-state index contributed by atoms with van der Waals surface area (Å²) in [5.41, 5.74) is 1.18. The highest BCUT2D eigenvalue weighted by atomic mass is 35.5. The van der Waals surface area contributed by atoms with Gasteiger partial charge in [0.2, 0.25) is 0 Å². The molecule has 0 aliphatic rings. The van der Waals surface area contributed by atoms with Gasteiger partial charge in [-0.3, -0.25) is 0 Å². The van der Waals surface area contributed by atoms with Crippen LogP contribution in [0.1, 0.15) is 15.9 Å². The van der Waals surface area contributed by atoms with Crippen molar-refractivity contribution in [3.8, 4) is 0 Å². The lowest BCUT2D eigenvalue weighted by molar-refractivity contribution is 0.0751. The van der Waals surface area contributed by atoms with E-state index < -0.39 is 15.8 Å². The van der Waals surface area contributed by atoms with Crippen LogP contribution in [0.25, 0.3) is 0 Å². The molecule has 0 spiro atoms. The second kappa shape index (κ2) is 5.32. The van der Waals surface area contributed by atoms with Crippen molar-refractivity contribution in [2.75, 3.05) is 12.0 Å². The number of hydrogen-bond acceptors (Lipinski definition) is 4. The predicted molar refractivity (Wildman–Crippen MR) is 61.1 cm³/mol. The van der Waals surface area contributed by atoms with Crippen LogP contribution in [0.5, 0.6) is 0 Å². The summed E-state index contributed by atoms with van der Waals surface area (Å²) in [6.07, 6.45) is 1.61. The van der Waals surface area contributed by atoms with Crippen molar-refractivity contribution in [3.63, 3.8) is 0 Å². The maximum Gasteiger partial charge on any atom is 0.356 e. The molecule has 4 nitrogen and oxygen atoms in total. The summed E-state index contributed by atoms with van der Waals surface area (Å²) in [5.74, 6) is -0.539. The molecule has 0 amide bonds. The van der Waals surface area contributed by atoms with Gasteiger partial charge < -0.3 is 4.29 Å². The van der Waals surface area contributed by atoms with E-state index in [9.17, 15) is 13.2 Å². The lowest BCUT2D eigenvalue weighted by Crippen LogP contribution is -2.06. The second-order valence-electron chi connectivity index (χ2n) is 3.44. The third-order valence-corrected chi connectivity index (χ3v) is 3.11. The average Bonchev–Trinajstić information content (AvgIpc) is 2.25. The first kappa shape index (κ1) is 13.0. The third-order valence-electron chi connectivity index (χ3n) is 2.02. The number of benzene rings is 1. The van der Waals surface area contributed by atoms with Crippen molar-refractivity contribution in [1.29, 1.82) is 0 Å². The molecule has 1 aromatic rings. The third kappa shape index (κ3) is 4.20. The predicted octanol–water partition coefficient (Wildman–Crippen LogP) is 1.58. The van der Waals surface area contributed by atoms with Crippen LogP contribution in [0, 0.1) is 0 Å². The summed E-state index contributed by atoms with van der Waals surface area (Å²) in [6, 6.07) is 6.44. The molecule has 6 heteroatoms. The Bertz CT molecular complexity index is 464. The molecule has 0 unspecified atom stereocenters. The van der Waals surface area contributed by atoms with Crippen LogP contribution in [0.2, 0.25) is 0 Å². The molecule has 88 valence electrons. The molecular weight excluding hydrogens is 252 g/mol. The fourth-order valence-electron chi connectivity index (χ4n) is 1.16. The minimum atomic E-state index is -2.97. The van der Waals surface area contributed by atoms with E-state index in [0.29, 0.717) is 12.0 Å². The molecule has 0 heterocycles. The van der Waals surface area contributed by atoms with Gasteiger partial charge in [-0.05, 0) is 24.1 Å². The van der Waals surface area contributed by atoms with Crippen LogP contribution in [0.15, 0.2) is 24.3 Å². The van der Waals surface area contributed by atoms with E-state index in [1.165, 1.54) is 6.26 Å². The first-order chi connectivity index (χ1) is 7.42. The van der Waals surface area contributed by atoms with E-state index in [1.54, 1.807) is 24.3 Å². The molecule has 0 aliphatic carbocycles. The molecule has 0 N–H and O–H groups in total. The van der Waals surface area contributed by atoms with Crippen LogP contribution >= 0.6 is 11.9 Å². The first-order valence-corrected chi connectivity index (χ1v) is 6.89. The lowest BCUT2D eigenvalue weighted by atomic mass is 10.1. The fraction of sp³-hybridized carbons (Fsp3) is 0.300. The first-order valence-electron chi connectivity index (χ1n) is 4.52. The van der Waals surface area contributed by atoms with E-state index in [0.717, 1.165) is 5.56 Å². The molecular formula is C10H11ClO4S. The SMILES string of the molecule is CS(=O)(=O)CCc1ccc(C(=O)OCl)cc1. The number of halogens is 1. The highest BCUT2D eigenvalue weighted by Crippen LogP contribution is 2.08. The number of rotatable bonds is 4. The Morgan fingerprint density at radius 2 is 1.88 bits per heavy atom. The zero-order valence-electron chi connectivity index (χ0n) is 8.64. The number of sulfone groups is 1. The van der Waals surface area contributed by atoms with Crippen molar-refractivity contribution in [3.05, 3.63) is 35.4 Å². The lowest BCUT2D eigenvalue weighted by Gasteiger charge is -2.01. The minimum Gasteiger partial charge on any atom is -0.343 e. The summed E-state index contributed by atoms with van der Waals surface area (Å²) in [6.45, 7) is 0. The van der Waals surface area contributed by atoms with Gasteiger partial charge in [0.1, 0.15) is 21.7 Å². The molecule has 1 aromatic carbocycles. The number of aryl methyl sites for hydroxylation is 1. The van der Waals surface area contributed by atoms with Crippen molar-refractivity contribution >= 4 is 27.7 Å². The maximum absolute atomic E-state index is 11.0. The van der Waals surface area contributed by atoms with Crippen LogP contribution in [-0.2, 0) is 20.5 Å². The molecule has 0 bridgehead atoms. The van der Waals surface area contributed by atoms with Gasteiger partial charge in [0, 0.05) is 6.26 Å². The summed E-state index contributed by atoms with van der Waals surface area (Å²) in [5, 5.41) is 0. The smallest absolute Gasteiger partial charge is 0.343 e. The summed E-state index contributed by atoms with van der Waals surface area (Å²) < 4.78 is 25.9. The molecule has 0 aliphatic heterocycles. The molecule has 0 fully saturated rings. The van der Waals surface area contributed by atoms with E-state index >= 15 is 0 Å². The Balaban J connectivity index is 2.69. The van der Waals surface area contributed by atoms with Crippen molar-refractivity contribution in [1.82, 2.24) is 0 Å². The molecule has 0 saturated carbocycles. The second-order valence-corrected chi connectivity index (χ2v) is 5.86. The fourth-order valence-corrected chi connectivity index (χ4v) is 1.85. The van der Waals surface area contributed by atoms with Crippen LogP contribution < -0.4 is 0 Å². The largest absolute Gasteiger partial charge is 0.356 e. The van der Waals surface area contributed by atoms with Gasteiger partial charge in [-0.15, -0.1) is 0 Å². The van der Waals surface area contributed by atoms with Gasteiger partial charge in [0.25, 0.3) is 0 Å². The zero-order chi connectivity index (χ0) is 12.2. The maximum atomic E-state index is 11.0. The molecule has 16 heavy (non-hydrogen) atoms. The van der Waals surface area contributed by atoms with Gasteiger partial charge in [0.05, 0.1) is 11.3 Å². The van der Waals surface area contributed by atoms with E-state index in [-0.39, 0.29) is 5.75 Å². The molecule has 0 saturated heterocycles. The average molecular weight is 263 g/mol. The molecule has 0 aromatic heterocycles. The Kier molecular flexibility index (Phi) is 4.32. The quantitative estimate of drug-likeness (QED) is 0.827. The van der Waals surface area contributed by atoms with Gasteiger partial charge in [-0.25, -0.2) is 13.2 Å². The summed E-state index contributed by atoms with van der Waals surface area (Å²) >= 11 is 4.92. The standard InChI is InChI=1S/C10H11ClO4S/c1-16(13,14)7-6-8-2-4-9(5-3-8)10(12)15-11/h2-5H,6-7H2,1H3. The van der Waals surface area contributed by atoms with E-state index in [4.69, 9.17) is 11.9 Å². The highest BCUT2D eigenvalue weighted by molar-refractivity contribution is 7.90.